The zero-order valence-electron chi connectivity index (χ0n) is 8.57. The molecule has 1 aromatic rings. The van der Waals surface area contributed by atoms with Gasteiger partial charge in [-0.1, -0.05) is 18.2 Å². The maximum Gasteiger partial charge on any atom is 0.128 e. The third kappa shape index (κ3) is 2.11. The van der Waals surface area contributed by atoms with Gasteiger partial charge in [0.15, 0.2) is 0 Å². The lowest BCUT2D eigenvalue weighted by Gasteiger charge is -2.30. The summed E-state index contributed by atoms with van der Waals surface area (Å²) in [5, 5.41) is 3.19. The van der Waals surface area contributed by atoms with E-state index >= 15 is 0 Å². The molecule has 15 heavy (non-hydrogen) atoms. The summed E-state index contributed by atoms with van der Waals surface area (Å²) in [7, 11) is -0.853. The number of halogens is 1. The number of hydrogen-bond donors (Lipinski definition) is 1. The Morgan fingerprint density at radius 1 is 1.47 bits per heavy atom. The summed E-state index contributed by atoms with van der Waals surface area (Å²) in [6.45, 7) is 2.59. The molecule has 1 aliphatic rings. The molecule has 0 bridgehead atoms. The number of benzene rings is 1. The van der Waals surface area contributed by atoms with Gasteiger partial charge in [0.1, 0.15) is 5.82 Å². The van der Waals surface area contributed by atoms with E-state index in [1.165, 1.54) is 6.07 Å². The van der Waals surface area contributed by atoms with E-state index in [1.807, 2.05) is 13.0 Å². The summed E-state index contributed by atoms with van der Waals surface area (Å²) in [5.74, 6) is 0.437. The molecule has 2 rings (SSSR count). The third-order valence-corrected chi connectivity index (χ3v) is 4.50. The summed E-state index contributed by atoms with van der Waals surface area (Å²) in [5.41, 5.74) is 0.623. The SMILES string of the molecule is CC1C(c2ccccc2F)NCCS1=O. The number of nitrogens with one attached hydrogen (secondary N) is 1. The Kier molecular flexibility index (Phi) is 3.17. The summed E-state index contributed by atoms with van der Waals surface area (Å²) < 4.78 is 25.2. The third-order valence-electron chi connectivity index (χ3n) is 2.79. The lowest BCUT2D eigenvalue weighted by molar-refractivity contribution is 0.487. The maximum absolute atomic E-state index is 13.5. The molecule has 82 valence electrons. The van der Waals surface area contributed by atoms with E-state index in [2.05, 4.69) is 5.32 Å². The van der Waals surface area contributed by atoms with Crippen LogP contribution in [0.5, 0.6) is 0 Å². The molecule has 3 unspecified atom stereocenters. The van der Waals surface area contributed by atoms with Crippen molar-refractivity contribution in [3.8, 4) is 0 Å². The van der Waals surface area contributed by atoms with Crippen molar-refractivity contribution < 1.29 is 8.60 Å². The van der Waals surface area contributed by atoms with Crippen LogP contribution in [0.3, 0.4) is 0 Å². The Morgan fingerprint density at radius 2 is 2.20 bits per heavy atom. The Hall–Kier alpha value is -0.740. The summed E-state index contributed by atoms with van der Waals surface area (Å²) >= 11 is 0. The lowest BCUT2D eigenvalue weighted by atomic mass is 10.0. The molecule has 4 heteroatoms. The second-order valence-electron chi connectivity index (χ2n) is 3.74. The quantitative estimate of drug-likeness (QED) is 0.789. The van der Waals surface area contributed by atoms with E-state index in [0.29, 0.717) is 17.9 Å². The number of hydrogen-bond acceptors (Lipinski definition) is 2. The molecule has 1 aliphatic heterocycles. The second-order valence-corrected chi connectivity index (χ2v) is 5.66. The van der Waals surface area contributed by atoms with E-state index in [1.54, 1.807) is 12.1 Å². The highest BCUT2D eigenvalue weighted by molar-refractivity contribution is 7.85. The highest BCUT2D eigenvalue weighted by Gasteiger charge is 2.29. The fourth-order valence-electron chi connectivity index (χ4n) is 1.91. The van der Waals surface area contributed by atoms with Gasteiger partial charge in [-0.15, -0.1) is 0 Å². The summed E-state index contributed by atoms with van der Waals surface area (Å²) in [4.78, 5) is 0. The van der Waals surface area contributed by atoms with Gasteiger partial charge >= 0.3 is 0 Å². The van der Waals surface area contributed by atoms with Gasteiger partial charge in [-0.3, -0.25) is 4.21 Å². The minimum atomic E-state index is -0.853. The van der Waals surface area contributed by atoms with Crippen molar-refractivity contribution in [2.45, 2.75) is 18.2 Å². The van der Waals surface area contributed by atoms with Gasteiger partial charge in [0.05, 0.1) is 5.25 Å². The monoisotopic (exact) mass is 227 g/mol. The van der Waals surface area contributed by atoms with Gasteiger partial charge in [-0.05, 0) is 13.0 Å². The molecule has 1 saturated heterocycles. The molecule has 3 atom stereocenters. The van der Waals surface area contributed by atoms with Crippen molar-refractivity contribution in [2.75, 3.05) is 12.3 Å². The molecule has 0 saturated carbocycles. The molecule has 2 nitrogen and oxygen atoms in total. The van der Waals surface area contributed by atoms with E-state index in [4.69, 9.17) is 0 Å². The molecular weight excluding hydrogens is 213 g/mol. The first kappa shape index (κ1) is 10.8. The summed E-state index contributed by atoms with van der Waals surface area (Å²) in [6, 6.07) is 6.56. The van der Waals surface area contributed by atoms with Crippen molar-refractivity contribution in [1.29, 1.82) is 0 Å². The molecule has 0 spiro atoms. The fourth-order valence-corrected chi connectivity index (χ4v) is 3.15. The Bertz CT molecular complexity index is 383. The van der Waals surface area contributed by atoms with Gasteiger partial charge in [0.25, 0.3) is 0 Å². The zero-order valence-corrected chi connectivity index (χ0v) is 9.39. The molecule has 0 aliphatic carbocycles. The summed E-state index contributed by atoms with van der Waals surface area (Å²) in [6.07, 6.45) is 0. The van der Waals surface area contributed by atoms with Crippen molar-refractivity contribution in [2.24, 2.45) is 0 Å². The fraction of sp³-hybridized carbons (Fsp3) is 0.455. The van der Waals surface area contributed by atoms with Crippen LogP contribution in [-0.4, -0.2) is 21.8 Å². The van der Waals surface area contributed by atoms with Crippen LogP contribution in [0.1, 0.15) is 18.5 Å². The molecule has 1 fully saturated rings. The van der Waals surface area contributed by atoms with E-state index in [0.717, 1.165) is 0 Å². The minimum absolute atomic E-state index is 0.0318. The Morgan fingerprint density at radius 3 is 2.93 bits per heavy atom. The van der Waals surface area contributed by atoms with E-state index < -0.39 is 10.8 Å². The van der Waals surface area contributed by atoms with Crippen LogP contribution >= 0.6 is 0 Å². The topological polar surface area (TPSA) is 29.1 Å². The smallest absolute Gasteiger partial charge is 0.128 e. The first-order valence-electron chi connectivity index (χ1n) is 5.05. The zero-order chi connectivity index (χ0) is 10.8. The average molecular weight is 227 g/mol. The first-order valence-corrected chi connectivity index (χ1v) is 6.43. The minimum Gasteiger partial charge on any atom is -0.308 e. The lowest BCUT2D eigenvalue weighted by Crippen LogP contribution is -2.42. The van der Waals surface area contributed by atoms with Gasteiger partial charge in [-0.2, -0.15) is 0 Å². The molecule has 0 amide bonds. The largest absolute Gasteiger partial charge is 0.308 e. The first-order chi connectivity index (χ1) is 7.20. The van der Waals surface area contributed by atoms with Gasteiger partial charge in [-0.25, -0.2) is 4.39 Å². The van der Waals surface area contributed by atoms with E-state index in [9.17, 15) is 8.60 Å². The van der Waals surface area contributed by atoms with Crippen LogP contribution in [-0.2, 0) is 10.8 Å². The van der Waals surface area contributed by atoms with E-state index in [-0.39, 0.29) is 17.1 Å². The van der Waals surface area contributed by atoms with Crippen LogP contribution in [0.15, 0.2) is 24.3 Å². The molecule has 0 aromatic heterocycles. The van der Waals surface area contributed by atoms with Crippen LogP contribution in [0, 0.1) is 5.82 Å². The van der Waals surface area contributed by atoms with Gasteiger partial charge in [0.2, 0.25) is 0 Å². The van der Waals surface area contributed by atoms with Crippen molar-refractivity contribution in [3.05, 3.63) is 35.6 Å². The predicted octanol–water partition coefficient (Wildman–Crippen LogP) is 1.61. The van der Waals surface area contributed by atoms with Gasteiger partial charge in [0, 0.05) is 34.7 Å². The van der Waals surface area contributed by atoms with Crippen LogP contribution in [0.4, 0.5) is 4.39 Å². The van der Waals surface area contributed by atoms with Crippen LogP contribution in [0.2, 0.25) is 0 Å². The predicted molar refractivity (Wildman–Crippen MR) is 59.6 cm³/mol. The average Bonchev–Trinajstić information content (AvgIpc) is 2.23. The van der Waals surface area contributed by atoms with Crippen molar-refractivity contribution >= 4 is 10.8 Å². The standard InChI is InChI=1S/C11H14FNOS/c1-8-11(13-6-7-15(8)14)9-4-2-3-5-10(9)12/h2-5,8,11,13H,6-7H2,1H3. The molecular formula is C11H14FNOS. The molecule has 0 radical (unpaired) electrons. The maximum atomic E-state index is 13.5. The Balaban J connectivity index is 2.30. The Labute approximate surface area is 91.3 Å². The molecule has 1 aromatic carbocycles. The van der Waals surface area contributed by atoms with Crippen LogP contribution < -0.4 is 5.32 Å². The molecule has 1 N–H and O–H groups in total. The van der Waals surface area contributed by atoms with Gasteiger partial charge < -0.3 is 5.32 Å². The van der Waals surface area contributed by atoms with Crippen molar-refractivity contribution in [3.63, 3.8) is 0 Å². The highest BCUT2D eigenvalue weighted by atomic mass is 32.2. The molecule has 1 heterocycles. The second kappa shape index (κ2) is 4.41. The highest BCUT2D eigenvalue weighted by Crippen LogP contribution is 2.25. The van der Waals surface area contributed by atoms with Crippen molar-refractivity contribution in [1.82, 2.24) is 5.32 Å². The number of rotatable bonds is 1. The van der Waals surface area contributed by atoms with Crippen LogP contribution in [0.25, 0.3) is 0 Å². The normalized spacial score (nSPS) is 31.5.